The first-order valence-corrected chi connectivity index (χ1v) is 6.90. The number of likely N-dealkylation sites (tertiary alicyclic amines) is 1. The number of amides is 1. The van der Waals surface area contributed by atoms with Gasteiger partial charge in [-0.15, -0.1) is 0 Å². The SMILES string of the molecule is CCN(CC)c1ccc(C(=O)N2CCCC2)cc1. The van der Waals surface area contributed by atoms with Crippen LogP contribution in [0.1, 0.15) is 37.0 Å². The van der Waals surface area contributed by atoms with E-state index >= 15 is 0 Å². The molecule has 18 heavy (non-hydrogen) atoms. The minimum atomic E-state index is 0.179. The number of benzene rings is 1. The summed E-state index contributed by atoms with van der Waals surface area (Å²) in [7, 11) is 0. The minimum absolute atomic E-state index is 0.179. The predicted octanol–water partition coefficient (Wildman–Crippen LogP) is 2.77. The van der Waals surface area contributed by atoms with E-state index in [2.05, 4.69) is 30.9 Å². The highest BCUT2D eigenvalue weighted by molar-refractivity contribution is 5.94. The summed E-state index contributed by atoms with van der Waals surface area (Å²) in [6.07, 6.45) is 2.28. The summed E-state index contributed by atoms with van der Waals surface area (Å²) >= 11 is 0. The molecule has 1 aliphatic heterocycles. The van der Waals surface area contributed by atoms with Gasteiger partial charge in [0.2, 0.25) is 0 Å². The van der Waals surface area contributed by atoms with Crippen molar-refractivity contribution in [3.05, 3.63) is 29.8 Å². The Hall–Kier alpha value is -1.51. The molecule has 0 bridgehead atoms. The van der Waals surface area contributed by atoms with E-state index in [1.54, 1.807) is 0 Å². The van der Waals surface area contributed by atoms with E-state index in [1.165, 1.54) is 5.69 Å². The van der Waals surface area contributed by atoms with Crippen molar-refractivity contribution in [3.8, 4) is 0 Å². The zero-order valence-electron chi connectivity index (χ0n) is 11.4. The standard InChI is InChI=1S/C15H22N2O/c1-3-16(4-2)14-9-7-13(8-10-14)15(18)17-11-5-6-12-17/h7-10H,3-6,11-12H2,1-2H3. The molecule has 0 unspecified atom stereocenters. The predicted molar refractivity (Wildman–Crippen MR) is 75.1 cm³/mol. The van der Waals surface area contributed by atoms with E-state index in [4.69, 9.17) is 0 Å². The van der Waals surface area contributed by atoms with Crippen LogP contribution in [0.2, 0.25) is 0 Å². The lowest BCUT2D eigenvalue weighted by Crippen LogP contribution is -2.27. The van der Waals surface area contributed by atoms with Crippen LogP contribution in [0.5, 0.6) is 0 Å². The molecule has 1 fully saturated rings. The molecule has 0 N–H and O–H groups in total. The monoisotopic (exact) mass is 246 g/mol. The molecule has 2 rings (SSSR count). The molecule has 1 saturated heterocycles. The molecule has 0 radical (unpaired) electrons. The average Bonchev–Trinajstić information content (AvgIpc) is 2.94. The van der Waals surface area contributed by atoms with Crippen molar-refractivity contribution in [3.63, 3.8) is 0 Å². The van der Waals surface area contributed by atoms with E-state index in [-0.39, 0.29) is 5.91 Å². The maximum Gasteiger partial charge on any atom is 0.253 e. The molecule has 1 amide bonds. The molecular formula is C15H22N2O. The van der Waals surface area contributed by atoms with Crippen molar-refractivity contribution in [1.82, 2.24) is 4.90 Å². The minimum Gasteiger partial charge on any atom is -0.372 e. The van der Waals surface area contributed by atoms with Gasteiger partial charge in [-0.1, -0.05) is 0 Å². The van der Waals surface area contributed by atoms with Crippen LogP contribution in [-0.2, 0) is 0 Å². The van der Waals surface area contributed by atoms with Crippen molar-refractivity contribution in [2.24, 2.45) is 0 Å². The van der Waals surface area contributed by atoms with Crippen LogP contribution in [-0.4, -0.2) is 37.0 Å². The Bertz CT molecular complexity index is 389. The van der Waals surface area contributed by atoms with Gasteiger partial charge in [0, 0.05) is 37.4 Å². The molecule has 0 spiro atoms. The second-order valence-electron chi connectivity index (χ2n) is 4.72. The van der Waals surface area contributed by atoms with Gasteiger partial charge >= 0.3 is 0 Å². The molecule has 0 aromatic heterocycles. The van der Waals surface area contributed by atoms with Crippen LogP contribution in [0.15, 0.2) is 24.3 Å². The van der Waals surface area contributed by atoms with Gasteiger partial charge in [-0.25, -0.2) is 0 Å². The van der Waals surface area contributed by atoms with Gasteiger partial charge < -0.3 is 9.80 Å². The van der Waals surface area contributed by atoms with Crippen LogP contribution in [0.3, 0.4) is 0 Å². The van der Waals surface area contributed by atoms with Gasteiger partial charge in [0.1, 0.15) is 0 Å². The van der Waals surface area contributed by atoms with Crippen LogP contribution < -0.4 is 4.90 Å². The fourth-order valence-corrected chi connectivity index (χ4v) is 2.51. The summed E-state index contributed by atoms with van der Waals surface area (Å²) in [5.41, 5.74) is 2.01. The Morgan fingerprint density at radius 1 is 1.11 bits per heavy atom. The lowest BCUT2D eigenvalue weighted by atomic mass is 10.1. The molecule has 1 heterocycles. The zero-order chi connectivity index (χ0) is 13.0. The Balaban J connectivity index is 2.09. The third-order valence-corrected chi connectivity index (χ3v) is 3.64. The van der Waals surface area contributed by atoms with Crippen molar-refractivity contribution >= 4 is 11.6 Å². The summed E-state index contributed by atoms with van der Waals surface area (Å²) in [6.45, 7) is 8.11. The maximum atomic E-state index is 12.2. The molecule has 3 heteroatoms. The van der Waals surface area contributed by atoms with Gasteiger partial charge in [-0.05, 0) is 51.0 Å². The Morgan fingerprint density at radius 3 is 2.17 bits per heavy atom. The maximum absolute atomic E-state index is 12.2. The van der Waals surface area contributed by atoms with E-state index in [0.717, 1.165) is 44.6 Å². The molecular weight excluding hydrogens is 224 g/mol. The summed E-state index contributed by atoms with van der Waals surface area (Å²) in [6, 6.07) is 8.01. The van der Waals surface area contributed by atoms with Crippen molar-refractivity contribution in [2.45, 2.75) is 26.7 Å². The van der Waals surface area contributed by atoms with E-state index < -0.39 is 0 Å². The number of anilines is 1. The summed E-state index contributed by atoms with van der Waals surface area (Å²) in [4.78, 5) is 16.4. The summed E-state index contributed by atoms with van der Waals surface area (Å²) < 4.78 is 0. The normalized spacial score (nSPS) is 14.9. The summed E-state index contributed by atoms with van der Waals surface area (Å²) in [5, 5.41) is 0. The smallest absolute Gasteiger partial charge is 0.253 e. The van der Waals surface area contributed by atoms with E-state index in [1.807, 2.05) is 17.0 Å². The van der Waals surface area contributed by atoms with Crippen molar-refractivity contribution in [1.29, 1.82) is 0 Å². The number of rotatable bonds is 4. The molecule has 1 aromatic rings. The molecule has 3 nitrogen and oxygen atoms in total. The largest absolute Gasteiger partial charge is 0.372 e. The topological polar surface area (TPSA) is 23.6 Å². The van der Waals surface area contributed by atoms with Crippen LogP contribution in [0, 0.1) is 0 Å². The number of hydrogen-bond donors (Lipinski definition) is 0. The quantitative estimate of drug-likeness (QED) is 0.815. The second kappa shape index (κ2) is 5.89. The van der Waals surface area contributed by atoms with Crippen molar-refractivity contribution < 1.29 is 4.79 Å². The van der Waals surface area contributed by atoms with Gasteiger partial charge in [0.25, 0.3) is 5.91 Å². The van der Waals surface area contributed by atoms with Crippen LogP contribution in [0.25, 0.3) is 0 Å². The van der Waals surface area contributed by atoms with Crippen LogP contribution in [0.4, 0.5) is 5.69 Å². The molecule has 1 aliphatic rings. The fraction of sp³-hybridized carbons (Fsp3) is 0.533. The van der Waals surface area contributed by atoms with E-state index in [0.29, 0.717) is 0 Å². The molecule has 98 valence electrons. The third-order valence-electron chi connectivity index (χ3n) is 3.64. The Labute approximate surface area is 109 Å². The molecule has 0 aliphatic carbocycles. The lowest BCUT2D eigenvalue weighted by molar-refractivity contribution is 0.0793. The summed E-state index contributed by atoms with van der Waals surface area (Å²) in [5.74, 6) is 0.179. The number of carbonyl (C=O) groups excluding carboxylic acids is 1. The highest BCUT2D eigenvalue weighted by Crippen LogP contribution is 2.17. The van der Waals surface area contributed by atoms with Gasteiger partial charge in [-0.2, -0.15) is 0 Å². The van der Waals surface area contributed by atoms with Gasteiger partial charge in [0.05, 0.1) is 0 Å². The van der Waals surface area contributed by atoms with Gasteiger partial charge in [-0.3, -0.25) is 4.79 Å². The molecule has 0 atom stereocenters. The first-order chi connectivity index (χ1) is 8.76. The lowest BCUT2D eigenvalue weighted by Gasteiger charge is -2.21. The number of hydrogen-bond acceptors (Lipinski definition) is 2. The highest BCUT2D eigenvalue weighted by Gasteiger charge is 2.19. The van der Waals surface area contributed by atoms with Crippen LogP contribution >= 0.6 is 0 Å². The first kappa shape index (κ1) is 12.9. The fourth-order valence-electron chi connectivity index (χ4n) is 2.51. The molecule has 1 aromatic carbocycles. The van der Waals surface area contributed by atoms with Crippen molar-refractivity contribution in [2.75, 3.05) is 31.1 Å². The first-order valence-electron chi connectivity index (χ1n) is 6.90. The Morgan fingerprint density at radius 2 is 1.67 bits per heavy atom. The Kier molecular flexibility index (Phi) is 4.24. The molecule has 0 saturated carbocycles. The van der Waals surface area contributed by atoms with E-state index in [9.17, 15) is 4.79 Å². The second-order valence-corrected chi connectivity index (χ2v) is 4.72. The number of carbonyl (C=O) groups is 1. The number of nitrogens with zero attached hydrogens (tertiary/aromatic N) is 2. The third kappa shape index (κ3) is 2.66. The van der Waals surface area contributed by atoms with Gasteiger partial charge in [0.15, 0.2) is 0 Å². The zero-order valence-corrected chi connectivity index (χ0v) is 11.4. The highest BCUT2D eigenvalue weighted by atomic mass is 16.2. The average molecular weight is 246 g/mol.